The highest BCUT2D eigenvalue weighted by molar-refractivity contribution is 6.05. The molecule has 1 saturated heterocycles. The average Bonchev–Trinajstić information content (AvgIpc) is 2.54. The Morgan fingerprint density at radius 2 is 2.13 bits per heavy atom. The van der Waals surface area contributed by atoms with Gasteiger partial charge < -0.3 is 5.32 Å². The molecule has 2 aliphatic rings. The number of nitrogens with one attached hydrogen (secondary N) is 1. The molecule has 1 aromatic rings. The van der Waals surface area contributed by atoms with Crippen molar-refractivity contribution < 1.29 is 4.79 Å². The van der Waals surface area contributed by atoms with E-state index in [-0.39, 0.29) is 5.41 Å². The van der Waals surface area contributed by atoms with Crippen LogP contribution in [0.1, 0.15) is 28.8 Å². The zero-order valence-electron chi connectivity index (χ0n) is 8.75. The molecular weight excluding hydrogens is 186 g/mol. The summed E-state index contributed by atoms with van der Waals surface area (Å²) >= 11 is 0. The van der Waals surface area contributed by atoms with Gasteiger partial charge in [0.1, 0.15) is 0 Å². The third-order valence-electron chi connectivity index (χ3n) is 3.74. The Bertz CT molecular complexity index is 405. The number of Topliss-reactive ketones (excluding diaryl/α,β-unsaturated/α-hetero) is 1. The van der Waals surface area contributed by atoms with Gasteiger partial charge >= 0.3 is 0 Å². The molecule has 1 aliphatic carbocycles. The number of carbonyl (C=O) groups excluding carboxylic acids is 1. The summed E-state index contributed by atoms with van der Waals surface area (Å²) in [6.45, 7) is 1.92. The lowest BCUT2D eigenvalue weighted by molar-refractivity contribution is 0.0773. The van der Waals surface area contributed by atoms with E-state index in [0.717, 1.165) is 37.9 Å². The first kappa shape index (κ1) is 9.10. The Morgan fingerprint density at radius 3 is 2.87 bits per heavy atom. The third-order valence-corrected chi connectivity index (χ3v) is 3.74. The summed E-state index contributed by atoms with van der Waals surface area (Å²) in [6.07, 6.45) is 3.11. The number of fused-ring (bicyclic) bond motifs is 1. The van der Waals surface area contributed by atoms with E-state index >= 15 is 0 Å². The molecule has 0 saturated carbocycles. The maximum atomic E-state index is 12.3. The quantitative estimate of drug-likeness (QED) is 0.693. The summed E-state index contributed by atoms with van der Waals surface area (Å²) in [5, 5.41) is 3.36. The molecule has 78 valence electrons. The Kier molecular flexibility index (Phi) is 1.93. The highest BCUT2D eigenvalue weighted by Gasteiger charge is 2.45. The first-order valence-electron chi connectivity index (χ1n) is 5.65. The van der Waals surface area contributed by atoms with Gasteiger partial charge in [0.05, 0.1) is 5.41 Å². The number of hydrogen-bond donors (Lipinski definition) is 1. The van der Waals surface area contributed by atoms with Gasteiger partial charge in [-0.25, -0.2) is 0 Å². The Morgan fingerprint density at radius 1 is 1.27 bits per heavy atom. The van der Waals surface area contributed by atoms with Crippen molar-refractivity contribution in [1.29, 1.82) is 0 Å². The minimum atomic E-state index is -0.109. The van der Waals surface area contributed by atoms with Gasteiger partial charge in [-0.3, -0.25) is 4.79 Å². The van der Waals surface area contributed by atoms with Crippen LogP contribution < -0.4 is 5.32 Å². The average molecular weight is 201 g/mol. The summed E-state index contributed by atoms with van der Waals surface area (Å²) in [6, 6.07) is 8.06. The van der Waals surface area contributed by atoms with Gasteiger partial charge in [-0.15, -0.1) is 0 Å². The molecule has 1 atom stereocenters. The van der Waals surface area contributed by atoms with Crippen LogP contribution in [0.15, 0.2) is 24.3 Å². The van der Waals surface area contributed by atoms with Gasteiger partial charge in [0.25, 0.3) is 0 Å². The summed E-state index contributed by atoms with van der Waals surface area (Å²) in [4.78, 5) is 12.3. The van der Waals surface area contributed by atoms with E-state index in [1.54, 1.807) is 0 Å². The van der Waals surface area contributed by atoms with E-state index in [1.165, 1.54) is 5.56 Å². The molecule has 2 nitrogen and oxygen atoms in total. The van der Waals surface area contributed by atoms with Crippen LogP contribution in [0.5, 0.6) is 0 Å². The second-order valence-electron chi connectivity index (χ2n) is 4.72. The van der Waals surface area contributed by atoms with Gasteiger partial charge in [-0.2, -0.15) is 0 Å². The smallest absolute Gasteiger partial charge is 0.170 e. The van der Waals surface area contributed by atoms with Crippen molar-refractivity contribution in [3.63, 3.8) is 0 Å². The molecule has 1 spiro atoms. The zero-order valence-corrected chi connectivity index (χ0v) is 8.75. The fourth-order valence-electron chi connectivity index (χ4n) is 2.94. The monoisotopic (exact) mass is 201 g/mol. The molecule has 1 aliphatic heterocycles. The lowest BCUT2D eigenvalue weighted by Gasteiger charge is -2.32. The maximum Gasteiger partial charge on any atom is 0.170 e. The van der Waals surface area contributed by atoms with Crippen LogP contribution in [0, 0.1) is 5.41 Å². The van der Waals surface area contributed by atoms with Crippen molar-refractivity contribution in [2.75, 3.05) is 13.1 Å². The molecule has 15 heavy (non-hydrogen) atoms. The van der Waals surface area contributed by atoms with E-state index in [4.69, 9.17) is 0 Å². The largest absolute Gasteiger partial charge is 0.316 e. The molecule has 2 heteroatoms. The van der Waals surface area contributed by atoms with Crippen LogP contribution in [0.3, 0.4) is 0 Å². The van der Waals surface area contributed by atoms with Crippen LogP contribution in [0.4, 0.5) is 0 Å². The fourth-order valence-corrected chi connectivity index (χ4v) is 2.94. The van der Waals surface area contributed by atoms with Crippen molar-refractivity contribution in [2.45, 2.75) is 19.3 Å². The van der Waals surface area contributed by atoms with Crippen molar-refractivity contribution in [3.05, 3.63) is 35.4 Å². The normalized spacial score (nSPS) is 29.5. The number of carbonyl (C=O) groups is 1. The summed E-state index contributed by atoms with van der Waals surface area (Å²) < 4.78 is 0. The maximum absolute atomic E-state index is 12.3. The van der Waals surface area contributed by atoms with E-state index < -0.39 is 0 Å². The van der Waals surface area contributed by atoms with E-state index in [1.807, 2.05) is 18.2 Å². The molecule has 0 bridgehead atoms. The zero-order chi connectivity index (χ0) is 10.3. The van der Waals surface area contributed by atoms with Gasteiger partial charge in [-0.05, 0) is 31.4 Å². The number of benzene rings is 1. The highest BCUT2D eigenvalue weighted by atomic mass is 16.1. The number of ketones is 1. The summed E-state index contributed by atoms with van der Waals surface area (Å²) in [7, 11) is 0. The van der Waals surface area contributed by atoms with E-state index in [2.05, 4.69) is 11.4 Å². The molecule has 0 aromatic heterocycles. The first-order valence-corrected chi connectivity index (χ1v) is 5.65. The predicted molar refractivity (Wildman–Crippen MR) is 59.0 cm³/mol. The van der Waals surface area contributed by atoms with Gasteiger partial charge in [0.15, 0.2) is 5.78 Å². The standard InChI is InChI=1S/C13H15NO/c15-12-11-5-2-1-4-10(11)8-13(12)6-3-7-14-9-13/h1-2,4-5,14H,3,6-9H2. The number of piperidine rings is 1. The van der Waals surface area contributed by atoms with E-state index in [9.17, 15) is 4.79 Å². The minimum absolute atomic E-state index is 0.109. The van der Waals surface area contributed by atoms with Gasteiger partial charge in [0, 0.05) is 12.1 Å². The minimum Gasteiger partial charge on any atom is -0.316 e. The van der Waals surface area contributed by atoms with Crippen LogP contribution >= 0.6 is 0 Å². The van der Waals surface area contributed by atoms with Crippen LogP contribution in [-0.4, -0.2) is 18.9 Å². The molecule has 0 amide bonds. The molecular formula is C13H15NO. The lowest BCUT2D eigenvalue weighted by Crippen LogP contribution is -2.44. The Balaban J connectivity index is 2.01. The topological polar surface area (TPSA) is 29.1 Å². The lowest BCUT2D eigenvalue weighted by atomic mass is 9.77. The molecule has 1 heterocycles. The second-order valence-corrected chi connectivity index (χ2v) is 4.72. The van der Waals surface area contributed by atoms with Crippen LogP contribution in [-0.2, 0) is 6.42 Å². The molecule has 1 unspecified atom stereocenters. The highest BCUT2D eigenvalue weighted by Crippen LogP contribution is 2.41. The Labute approximate surface area is 89.7 Å². The van der Waals surface area contributed by atoms with Crippen LogP contribution in [0.2, 0.25) is 0 Å². The number of hydrogen-bond acceptors (Lipinski definition) is 2. The van der Waals surface area contributed by atoms with Crippen LogP contribution in [0.25, 0.3) is 0 Å². The van der Waals surface area contributed by atoms with Gasteiger partial charge in [0.2, 0.25) is 0 Å². The molecule has 1 N–H and O–H groups in total. The van der Waals surface area contributed by atoms with E-state index in [0.29, 0.717) is 5.78 Å². The summed E-state index contributed by atoms with van der Waals surface area (Å²) in [5.74, 6) is 0.366. The third kappa shape index (κ3) is 1.25. The van der Waals surface area contributed by atoms with Crippen molar-refractivity contribution >= 4 is 5.78 Å². The first-order chi connectivity index (χ1) is 7.32. The van der Waals surface area contributed by atoms with Gasteiger partial charge in [-0.1, -0.05) is 24.3 Å². The fraction of sp³-hybridized carbons (Fsp3) is 0.462. The number of rotatable bonds is 0. The Hall–Kier alpha value is -1.15. The van der Waals surface area contributed by atoms with Crippen molar-refractivity contribution in [2.24, 2.45) is 5.41 Å². The molecule has 1 aromatic carbocycles. The second kappa shape index (κ2) is 3.17. The summed E-state index contributed by atoms with van der Waals surface area (Å²) in [5.41, 5.74) is 2.09. The molecule has 3 rings (SSSR count). The SMILES string of the molecule is O=C1c2ccccc2CC12CCCNC2. The molecule has 1 fully saturated rings. The van der Waals surface area contributed by atoms with Crippen molar-refractivity contribution in [3.8, 4) is 0 Å². The molecule has 0 radical (unpaired) electrons. The van der Waals surface area contributed by atoms with Crippen molar-refractivity contribution in [1.82, 2.24) is 5.32 Å². The predicted octanol–water partition coefficient (Wildman–Crippen LogP) is 1.80.